The van der Waals surface area contributed by atoms with Crippen molar-refractivity contribution in [2.45, 2.75) is 38.6 Å². The summed E-state index contributed by atoms with van der Waals surface area (Å²) in [7, 11) is 0. The number of nitrogens with one attached hydrogen (secondary N) is 1. The van der Waals surface area contributed by atoms with Crippen LogP contribution >= 0.6 is 0 Å². The molecule has 7 heteroatoms. The van der Waals surface area contributed by atoms with Crippen molar-refractivity contribution in [1.82, 2.24) is 10.2 Å². The first kappa shape index (κ1) is 23.9. The van der Waals surface area contributed by atoms with Gasteiger partial charge in [-0.05, 0) is 68.2 Å². The van der Waals surface area contributed by atoms with Gasteiger partial charge in [-0.15, -0.1) is 5.73 Å². The molecule has 1 aromatic carbocycles. The topological polar surface area (TPSA) is 73.2 Å². The zero-order chi connectivity index (χ0) is 25.2. The molecular weight excluding hydrogens is 468 g/mol. The van der Waals surface area contributed by atoms with E-state index in [1.165, 1.54) is 0 Å². The monoisotopic (exact) mass is 500 g/mol. The maximum absolute atomic E-state index is 12.7. The third-order valence-electron chi connectivity index (χ3n) is 7.16. The summed E-state index contributed by atoms with van der Waals surface area (Å²) in [6.07, 6.45) is 11.6. The molecule has 0 spiro atoms. The maximum Gasteiger partial charge on any atom is 0.255 e. The smallest absolute Gasteiger partial charge is 0.255 e. The molecule has 1 aromatic heterocycles. The number of fused-ring (bicyclic) bond motifs is 1. The van der Waals surface area contributed by atoms with Gasteiger partial charge in [-0.1, -0.05) is 0 Å². The molecule has 1 saturated carbocycles. The van der Waals surface area contributed by atoms with E-state index in [1.807, 2.05) is 43.4 Å². The van der Waals surface area contributed by atoms with Crippen molar-refractivity contribution in [3.63, 3.8) is 0 Å². The molecule has 192 valence electrons. The van der Waals surface area contributed by atoms with Crippen LogP contribution in [0.5, 0.6) is 5.75 Å². The van der Waals surface area contributed by atoms with Gasteiger partial charge in [-0.25, -0.2) is 0 Å². The van der Waals surface area contributed by atoms with Gasteiger partial charge in [-0.2, -0.15) is 0 Å². The molecule has 0 bridgehead atoms. The van der Waals surface area contributed by atoms with Crippen molar-refractivity contribution < 1.29 is 23.4 Å². The van der Waals surface area contributed by atoms with Gasteiger partial charge < -0.3 is 23.9 Å². The number of hydrogen-bond acceptors (Lipinski definition) is 6. The van der Waals surface area contributed by atoms with Crippen molar-refractivity contribution in [2.75, 3.05) is 39.5 Å². The first-order valence-corrected chi connectivity index (χ1v) is 13.2. The van der Waals surface area contributed by atoms with Crippen LogP contribution in [-0.4, -0.2) is 56.3 Å². The summed E-state index contributed by atoms with van der Waals surface area (Å²) in [5.41, 5.74) is 6.65. The normalized spacial score (nSPS) is 19.8. The molecule has 4 aliphatic rings. The number of carbonyl (C=O) groups is 1. The first-order chi connectivity index (χ1) is 18.1. The highest BCUT2D eigenvalue weighted by Crippen LogP contribution is 2.35. The Bertz CT molecular complexity index is 1360. The number of furan rings is 1. The Hall–Kier alpha value is -3.51. The lowest BCUT2D eigenvalue weighted by molar-refractivity contribution is 0.0270. The molecule has 1 amide bonds. The van der Waals surface area contributed by atoms with E-state index < -0.39 is 0 Å². The van der Waals surface area contributed by atoms with E-state index in [4.69, 9.17) is 18.6 Å². The number of ether oxygens (including phenoxy) is 3. The van der Waals surface area contributed by atoms with Crippen LogP contribution in [0.15, 0.2) is 75.3 Å². The minimum absolute atomic E-state index is 0.0677. The van der Waals surface area contributed by atoms with E-state index in [-0.39, 0.29) is 5.91 Å². The molecule has 1 saturated heterocycles. The lowest BCUT2D eigenvalue weighted by Gasteiger charge is -2.27. The lowest BCUT2D eigenvalue weighted by Crippen LogP contribution is -2.38. The standard InChI is InChI=1S/C30H32N2O5/c1-20-29(30(33)31-22-6-7-22)26-11-9-24(19-28(26)36-20)37-27-5-3-2-4-21-18-23(8-10-25(21)27)35-17-14-32-12-15-34-16-13-32/h3-5,9,11,18-19,22H,6-8,10,12-17H2,1H3,(H,31,33). The SMILES string of the molecule is Cc1oc2cc(OC3=CC=C=CC4=C3CCC(OCCN3CCOCC3)=C4)ccc2c1C(=O)NC1CC1. The first-order valence-electron chi connectivity index (χ1n) is 13.2. The third-order valence-corrected chi connectivity index (χ3v) is 7.16. The quantitative estimate of drug-likeness (QED) is 0.518. The molecule has 6 rings (SSSR count). The summed E-state index contributed by atoms with van der Waals surface area (Å²) in [5.74, 6) is 3.00. The number of morpholine rings is 1. The molecule has 0 unspecified atom stereocenters. The van der Waals surface area contributed by atoms with Gasteiger partial charge in [0.1, 0.15) is 29.5 Å². The summed E-state index contributed by atoms with van der Waals surface area (Å²) in [6.45, 7) is 6.96. The minimum Gasteiger partial charge on any atom is -0.497 e. The Morgan fingerprint density at radius 2 is 2.08 bits per heavy atom. The van der Waals surface area contributed by atoms with Gasteiger partial charge in [0.2, 0.25) is 0 Å². The van der Waals surface area contributed by atoms with Crippen LogP contribution < -0.4 is 10.1 Å². The average Bonchev–Trinajstić information content (AvgIpc) is 3.68. The summed E-state index contributed by atoms with van der Waals surface area (Å²) in [5, 5.41) is 3.86. The molecule has 1 N–H and O–H groups in total. The minimum atomic E-state index is -0.0677. The fraction of sp³-hybridized carbons (Fsp3) is 0.400. The number of amides is 1. The van der Waals surface area contributed by atoms with E-state index in [0.717, 1.165) is 86.6 Å². The number of allylic oxidation sites excluding steroid dienone is 6. The Morgan fingerprint density at radius 1 is 1.22 bits per heavy atom. The van der Waals surface area contributed by atoms with E-state index in [1.54, 1.807) is 0 Å². The summed E-state index contributed by atoms with van der Waals surface area (Å²) in [6, 6.07) is 5.96. The average molecular weight is 501 g/mol. The molecule has 7 nitrogen and oxygen atoms in total. The van der Waals surface area contributed by atoms with Gasteiger partial charge in [-0.3, -0.25) is 9.69 Å². The molecule has 1 aliphatic heterocycles. The maximum atomic E-state index is 12.7. The molecule has 37 heavy (non-hydrogen) atoms. The largest absolute Gasteiger partial charge is 0.497 e. The van der Waals surface area contributed by atoms with Crippen LogP contribution in [0.4, 0.5) is 0 Å². The predicted molar refractivity (Wildman–Crippen MR) is 140 cm³/mol. The van der Waals surface area contributed by atoms with Crippen LogP contribution in [0.2, 0.25) is 0 Å². The Labute approximate surface area is 216 Å². The van der Waals surface area contributed by atoms with Gasteiger partial charge >= 0.3 is 0 Å². The van der Waals surface area contributed by atoms with Gasteiger partial charge in [0.15, 0.2) is 0 Å². The fourth-order valence-electron chi connectivity index (χ4n) is 4.98. The van der Waals surface area contributed by atoms with Crippen molar-refractivity contribution in [1.29, 1.82) is 0 Å². The van der Waals surface area contributed by atoms with Gasteiger partial charge in [0, 0.05) is 49.1 Å². The van der Waals surface area contributed by atoms with Crippen molar-refractivity contribution in [3.05, 3.63) is 82.2 Å². The van der Waals surface area contributed by atoms with Gasteiger partial charge in [0.05, 0.1) is 24.5 Å². The number of benzene rings is 1. The summed E-state index contributed by atoms with van der Waals surface area (Å²) in [4.78, 5) is 15.1. The molecule has 0 atom stereocenters. The van der Waals surface area contributed by atoms with E-state index in [0.29, 0.717) is 35.3 Å². The molecular formula is C30H32N2O5. The second-order valence-corrected chi connectivity index (χ2v) is 9.90. The Morgan fingerprint density at radius 3 is 2.92 bits per heavy atom. The molecule has 2 aromatic rings. The van der Waals surface area contributed by atoms with Crippen molar-refractivity contribution in [3.8, 4) is 5.75 Å². The lowest BCUT2D eigenvalue weighted by atomic mass is 9.95. The third kappa shape index (κ3) is 5.44. The van der Waals surface area contributed by atoms with Crippen molar-refractivity contribution in [2.24, 2.45) is 0 Å². The van der Waals surface area contributed by atoms with E-state index >= 15 is 0 Å². The van der Waals surface area contributed by atoms with E-state index in [2.05, 4.69) is 22.0 Å². The second-order valence-electron chi connectivity index (χ2n) is 9.90. The van der Waals surface area contributed by atoms with Crippen LogP contribution in [0.1, 0.15) is 41.8 Å². The Kier molecular flexibility index (Phi) is 6.75. The van der Waals surface area contributed by atoms with Crippen LogP contribution in [-0.2, 0) is 9.47 Å². The zero-order valence-electron chi connectivity index (χ0n) is 21.2. The molecule has 3 aliphatic carbocycles. The van der Waals surface area contributed by atoms with Crippen molar-refractivity contribution >= 4 is 16.9 Å². The number of rotatable bonds is 8. The number of aryl methyl sites for hydroxylation is 1. The predicted octanol–water partition coefficient (Wildman–Crippen LogP) is 4.94. The fourth-order valence-corrected chi connectivity index (χ4v) is 4.98. The highest BCUT2D eigenvalue weighted by atomic mass is 16.5. The van der Waals surface area contributed by atoms with Crippen LogP contribution in [0, 0.1) is 6.92 Å². The number of carbonyl (C=O) groups excluding carboxylic acids is 1. The molecule has 0 radical (unpaired) electrons. The highest BCUT2D eigenvalue weighted by Gasteiger charge is 2.27. The summed E-state index contributed by atoms with van der Waals surface area (Å²) < 4.78 is 23.8. The highest BCUT2D eigenvalue weighted by molar-refractivity contribution is 6.07. The number of nitrogens with zero attached hydrogens (tertiary/aromatic N) is 1. The summed E-state index contributed by atoms with van der Waals surface area (Å²) >= 11 is 0. The van der Waals surface area contributed by atoms with E-state index in [9.17, 15) is 4.79 Å². The zero-order valence-corrected chi connectivity index (χ0v) is 21.2. The number of hydrogen-bond donors (Lipinski definition) is 1. The molecule has 2 heterocycles. The van der Waals surface area contributed by atoms with Crippen LogP contribution in [0.25, 0.3) is 11.0 Å². The molecule has 2 fully saturated rings. The van der Waals surface area contributed by atoms with Gasteiger partial charge in [0.25, 0.3) is 5.91 Å². The van der Waals surface area contributed by atoms with Crippen LogP contribution in [0.3, 0.4) is 0 Å². The Balaban J connectivity index is 1.16. The second kappa shape index (κ2) is 10.5.